The number of fused-ring (bicyclic) bond motifs is 1. The number of halogens is 2. The SMILES string of the molecule is CCCN(CCC)S(=O)(=O)c1ccc(C2=Nc3c(-c4ccc(F)cc4F)c(C)nn3C2=O)cc1. The molecule has 1 aliphatic rings. The number of hydrogen-bond acceptors (Lipinski definition) is 5. The number of hydrogen-bond donors (Lipinski definition) is 0. The molecular weight excluding hydrogens is 462 g/mol. The van der Waals surface area contributed by atoms with E-state index in [2.05, 4.69) is 10.1 Å². The van der Waals surface area contributed by atoms with Crippen molar-refractivity contribution in [2.75, 3.05) is 13.1 Å². The summed E-state index contributed by atoms with van der Waals surface area (Å²) in [5.74, 6) is -1.86. The highest BCUT2D eigenvalue weighted by Crippen LogP contribution is 2.38. The fourth-order valence-corrected chi connectivity index (χ4v) is 5.62. The van der Waals surface area contributed by atoms with E-state index >= 15 is 0 Å². The number of benzene rings is 2. The van der Waals surface area contributed by atoms with Gasteiger partial charge in [-0.3, -0.25) is 4.79 Å². The highest BCUT2D eigenvalue weighted by Gasteiger charge is 2.32. The van der Waals surface area contributed by atoms with Gasteiger partial charge >= 0.3 is 0 Å². The van der Waals surface area contributed by atoms with Crippen molar-refractivity contribution in [3.05, 3.63) is 65.4 Å². The Labute approximate surface area is 196 Å². The lowest BCUT2D eigenvalue weighted by molar-refractivity contribution is 0.0984. The Morgan fingerprint density at radius 1 is 1.00 bits per heavy atom. The van der Waals surface area contributed by atoms with E-state index in [9.17, 15) is 22.0 Å². The second kappa shape index (κ2) is 9.19. The fraction of sp³-hybridized carbons (Fsp3) is 0.292. The van der Waals surface area contributed by atoms with Gasteiger partial charge in [0.05, 0.1) is 16.2 Å². The molecule has 178 valence electrons. The van der Waals surface area contributed by atoms with Crippen LogP contribution in [-0.2, 0) is 10.0 Å². The molecule has 0 N–H and O–H groups in total. The second-order valence-electron chi connectivity index (χ2n) is 8.01. The first kappa shape index (κ1) is 23.9. The molecule has 0 aliphatic carbocycles. The summed E-state index contributed by atoms with van der Waals surface area (Å²) < 4.78 is 56.3. The minimum absolute atomic E-state index is 0.0641. The molecule has 0 fully saturated rings. The van der Waals surface area contributed by atoms with Gasteiger partial charge in [0.15, 0.2) is 5.82 Å². The summed E-state index contributed by atoms with van der Waals surface area (Å²) in [7, 11) is -3.66. The zero-order chi connectivity index (χ0) is 24.6. The summed E-state index contributed by atoms with van der Waals surface area (Å²) in [4.78, 5) is 17.5. The summed E-state index contributed by atoms with van der Waals surface area (Å²) in [5, 5.41) is 4.20. The molecule has 4 rings (SSSR count). The van der Waals surface area contributed by atoms with E-state index in [0.29, 0.717) is 42.8 Å². The summed E-state index contributed by atoms with van der Waals surface area (Å²) in [6.45, 7) is 6.30. The Balaban J connectivity index is 1.70. The van der Waals surface area contributed by atoms with Gasteiger partial charge in [-0.1, -0.05) is 26.0 Å². The molecule has 0 spiro atoms. The van der Waals surface area contributed by atoms with Crippen LogP contribution in [0.2, 0.25) is 0 Å². The average Bonchev–Trinajstić information content (AvgIpc) is 3.28. The van der Waals surface area contributed by atoms with Crippen LogP contribution in [0.1, 0.15) is 42.7 Å². The standard InChI is InChI=1S/C24H24F2N4O3S/c1-4-12-29(13-5-2)34(32,33)18-9-6-16(7-10-18)22-24(31)30-23(27-22)21(15(3)28-30)19-11-8-17(25)14-20(19)26/h6-11,14H,4-5,12-13H2,1-3H3. The van der Waals surface area contributed by atoms with Crippen LogP contribution in [-0.4, -0.2) is 47.2 Å². The van der Waals surface area contributed by atoms with Crippen LogP contribution in [0.4, 0.5) is 14.6 Å². The molecule has 3 aromatic rings. The van der Waals surface area contributed by atoms with Gasteiger partial charge in [-0.15, -0.1) is 0 Å². The van der Waals surface area contributed by atoms with Gasteiger partial charge in [-0.2, -0.15) is 14.1 Å². The van der Waals surface area contributed by atoms with Crippen molar-refractivity contribution < 1.29 is 22.0 Å². The van der Waals surface area contributed by atoms with E-state index in [1.165, 1.54) is 34.6 Å². The highest BCUT2D eigenvalue weighted by atomic mass is 32.2. The second-order valence-corrected chi connectivity index (χ2v) is 9.95. The molecule has 2 heterocycles. The monoisotopic (exact) mass is 486 g/mol. The van der Waals surface area contributed by atoms with Crippen molar-refractivity contribution in [3.63, 3.8) is 0 Å². The Bertz CT molecular complexity index is 1390. The minimum atomic E-state index is -3.66. The van der Waals surface area contributed by atoms with Crippen LogP contribution in [0.15, 0.2) is 52.4 Å². The van der Waals surface area contributed by atoms with Gasteiger partial charge in [0.1, 0.15) is 17.3 Å². The third-order valence-corrected chi connectivity index (χ3v) is 7.47. The minimum Gasteiger partial charge on any atom is -0.265 e. The zero-order valence-corrected chi connectivity index (χ0v) is 19.9. The van der Waals surface area contributed by atoms with Crippen LogP contribution < -0.4 is 0 Å². The van der Waals surface area contributed by atoms with E-state index in [1.807, 2.05) is 13.8 Å². The third kappa shape index (κ3) is 4.07. The molecule has 1 aromatic heterocycles. The molecule has 0 radical (unpaired) electrons. The molecule has 1 aliphatic heterocycles. The maximum absolute atomic E-state index is 14.4. The van der Waals surface area contributed by atoms with E-state index in [0.717, 1.165) is 16.8 Å². The van der Waals surface area contributed by atoms with Gasteiger partial charge in [-0.05, 0) is 44.0 Å². The summed E-state index contributed by atoms with van der Waals surface area (Å²) >= 11 is 0. The Morgan fingerprint density at radius 3 is 2.24 bits per heavy atom. The number of aliphatic imine (C=N–C) groups is 1. The highest BCUT2D eigenvalue weighted by molar-refractivity contribution is 7.89. The number of carbonyl (C=O) groups excluding carboxylic acids is 1. The molecule has 7 nitrogen and oxygen atoms in total. The fourth-order valence-electron chi connectivity index (χ4n) is 3.99. The molecule has 0 saturated heterocycles. The van der Waals surface area contributed by atoms with E-state index in [4.69, 9.17) is 0 Å². The van der Waals surface area contributed by atoms with Gasteiger partial charge in [0.2, 0.25) is 10.0 Å². The lowest BCUT2D eigenvalue weighted by atomic mass is 10.1. The van der Waals surface area contributed by atoms with Crippen molar-refractivity contribution in [1.82, 2.24) is 14.1 Å². The Hall–Kier alpha value is -3.24. The van der Waals surface area contributed by atoms with Gasteiger partial charge < -0.3 is 0 Å². The van der Waals surface area contributed by atoms with E-state index in [-0.39, 0.29) is 22.0 Å². The average molecular weight is 487 g/mol. The summed E-state index contributed by atoms with van der Waals surface area (Å²) in [6.07, 6.45) is 1.40. The van der Waals surface area contributed by atoms with Crippen LogP contribution >= 0.6 is 0 Å². The summed E-state index contributed by atoms with van der Waals surface area (Å²) in [5.41, 5.74) is 1.25. The molecule has 0 unspecified atom stereocenters. The molecule has 0 atom stereocenters. The van der Waals surface area contributed by atoms with Crippen molar-refractivity contribution in [1.29, 1.82) is 0 Å². The number of rotatable bonds is 8. The topological polar surface area (TPSA) is 84.6 Å². The molecule has 0 bridgehead atoms. The van der Waals surface area contributed by atoms with Gasteiger partial charge in [-0.25, -0.2) is 22.2 Å². The maximum Gasteiger partial charge on any atom is 0.299 e. The van der Waals surface area contributed by atoms with Crippen LogP contribution in [0.5, 0.6) is 0 Å². The summed E-state index contributed by atoms with van der Waals surface area (Å²) in [6, 6.07) is 9.12. The van der Waals surface area contributed by atoms with Gasteiger partial charge in [0.25, 0.3) is 5.91 Å². The Morgan fingerprint density at radius 2 is 1.65 bits per heavy atom. The number of aromatic nitrogens is 2. The molecule has 10 heteroatoms. The van der Waals surface area contributed by atoms with Crippen molar-refractivity contribution >= 4 is 27.5 Å². The maximum atomic E-state index is 14.4. The first-order valence-corrected chi connectivity index (χ1v) is 12.4. The first-order valence-electron chi connectivity index (χ1n) is 11.0. The van der Waals surface area contributed by atoms with Crippen LogP contribution in [0.25, 0.3) is 11.1 Å². The predicted octanol–water partition coefficient (Wildman–Crippen LogP) is 4.72. The smallest absolute Gasteiger partial charge is 0.265 e. The van der Waals surface area contributed by atoms with E-state index in [1.54, 1.807) is 6.92 Å². The lowest BCUT2D eigenvalue weighted by Gasteiger charge is -2.21. The first-order chi connectivity index (χ1) is 16.2. The quantitative estimate of drug-likeness (QED) is 0.461. The number of carbonyl (C=O) groups is 1. The van der Waals surface area contributed by atoms with E-state index < -0.39 is 27.6 Å². The molecule has 0 saturated carbocycles. The zero-order valence-electron chi connectivity index (χ0n) is 19.0. The van der Waals surface area contributed by atoms with Crippen molar-refractivity contribution in [2.45, 2.75) is 38.5 Å². The molecular formula is C24H24F2N4O3S. The van der Waals surface area contributed by atoms with Crippen LogP contribution in [0, 0.1) is 18.6 Å². The Kier molecular flexibility index (Phi) is 6.46. The van der Waals surface area contributed by atoms with Crippen LogP contribution in [0.3, 0.4) is 0 Å². The normalized spacial score (nSPS) is 13.5. The largest absolute Gasteiger partial charge is 0.299 e. The lowest BCUT2D eigenvalue weighted by Crippen LogP contribution is -2.32. The molecule has 0 amide bonds. The van der Waals surface area contributed by atoms with Crippen molar-refractivity contribution in [3.8, 4) is 11.1 Å². The third-order valence-electron chi connectivity index (χ3n) is 5.56. The molecule has 2 aromatic carbocycles. The van der Waals surface area contributed by atoms with Gasteiger partial charge in [0, 0.05) is 30.3 Å². The number of sulfonamides is 1. The number of aryl methyl sites for hydroxylation is 1. The predicted molar refractivity (Wildman–Crippen MR) is 125 cm³/mol. The number of nitrogens with zero attached hydrogens (tertiary/aromatic N) is 4. The molecule has 34 heavy (non-hydrogen) atoms. The van der Waals surface area contributed by atoms with Crippen molar-refractivity contribution in [2.24, 2.45) is 4.99 Å².